The zero-order chi connectivity index (χ0) is 21.0. The standard InChI is InChI=1S/C18H23N7O3S/c1-5-12-15(25-8-6-24(3)7-9-25)23-16(28-4)17(20-12)29-18-21-13(19-11(2)26)10-14(27)22-18/h5,10H,1,6-9H2,2-4H3,(H2,19,21,22,26,27). The predicted octanol–water partition coefficient (Wildman–Crippen LogP) is 1.07. The number of carbonyl (C=O) groups is 1. The summed E-state index contributed by atoms with van der Waals surface area (Å²) >= 11 is 1.09. The number of H-pyrrole nitrogens is 1. The number of aromatic amines is 1. The maximum Gasteiger partial charge on any atom is 0.253 e. The maximum absolute atomic E-state index is 11.9. The zero-order valence-electron chi connectivity index (χ0n) is 16.6. The van der Waals surface area contributed by atoms with E-state index in [1.54, 1.807) is 6.08 Å². The minimum atomic E-state index is -0.392. The third-order valence-corrected chi connectivity index (χ3v) is 5.09. The molecule has 0 radical (unpaired) electrons. The van der Waals surface area contributed by atoms with E-state index in [0.717, 1.165) is 37.9 Å². The molecule has 0 saturated carbocycles. The lowest BCUT2D eigenvalue weighted by atomic mass is 10.3. The van der Waals surface area contributed by atoms with Crippen LogP contribution in [0.5, 0.6) is 5.88 Å². The van der Waals surface area contributed by atoms with E-state index in [1.165, 1.54) is 20.1 Å². The molecule has 3 heterocycles. The number of ether oxygens (including phenoxy) is 1. The molecule has 1 aliphatic heterocycles. The highest BCUT2D eigenvalue weighted by atomic mass is 32.2. The second-order valence-electron chi connectivity index (χ2n) is 6.46. The molecule has 0 spiro atoms. The van der Waals surface area contributed by atoms with E-state index >= 15 is 0 Å². The molecule has 1 aliphatic rings. The van der Waals surface area contributed by atoms with Crippen molar-refractivity contribution in [3.63, 3.8) is 0 Å². The minimum Gasteiger partial charge on any atom is -0.479 e. The molecule has 2 aromatic heterocycles. The Hall–Kier alpha value is -2.92. The summed E-state index contributed by atoms with van der Waals surface area (Å²) in [5.74, 6) is 0.875. The summed E-state index contributed by atoms with van der Waals surface area (Å²) in [7, 11) is 3.60. The Balaban J connectivity index is 1.94. The lowest BCUT2D eigenvalue weighted by molar-refractivity contribution is -0.114. The highest BCUT2D eigenvalue weighted by Crippen LogP contribution is 2.33. The smallest absolute Gasteiger partial charge is 0.253 e. The molecule has 0 aromatic carbocycles. The lowest BCUT2D eigenvalue weighted by Gasteiger charge is -2.33. The van der Waals surface area contributed by atoms with Gasteiger partial charge in [-0.25, -0.2) is 9.97 Å². The van der Waals surface area contributed by atoms with Crippen molar-refractivity contribution in [2.45, 2.75) is 17.1 Å². The molecule has 154 valence electrons. The van der Waals surface area contributed by atoms with Gasteiger partial charge in [-0.1, -0.05) is 6.58 Å². The molecule has 0 aliphatic carbocycles. The number of piperazine rings is 1. The van der Waals surface area contributed by atoms with Gasteiger partial charge in [-0.2, -0.15) is 4.98 Å². The zero-order valence-corrected chi connectivity index (χ0v) is 17.4. The van der Waals surface area contributed by atoms with E-state index in [1.807, 2.05) is 0 Å². The van der Waals surface area contributed by atoms with Crippen molar-refractivity contribution in [3.8, 4) is 5.88 Å². The van der Waals surface area contributed by atoms with Crippen LogP contribution < -0.4 is 20.5 Å². The Morgan fingerprint density at radius 2 is 2.03 bits per heavy atom. The minimum absolute atomic E-state index is 0.161. The largest absolute Gasteiger partial charge is 0.479 e. The first-order valence-electron chi connectivity index (χ1n) is 8.98. The van der Waals surface area contributed by atoms with E-state index in [0.29, 0.717) is 22.4 Å². The van der Waals surface area contributed by atoms with Crippen LogP contribution in [0.1, 0.15) is 12.6 Å². The summed E-state index contributed by atoms with van der Waals surface area (Å²) in [6.07, 6.45) is 1.65. The number of anilines is 2. The Kier molecular flexibility index (Phi) is 6.49. The number of rotatable bonds is 6. The Morgan fingerprint density at radius 1 is 1.31 bits per heavy atom. The molecule has 2 N–H and O–H groups in total. The number of nitrogens with one attached hydrogen (secondary N) is 2. The fourth-order valence-corrected chi connectivity index (χ4v) is 3.65. The first kappa shape index (κ1) is 20.8. The van der Waals surface area contributed by atoms with E-state index in [-0.39, 0.29) is 16.9 Å². The molecule has 0 atom stereocenters. The normalized spacial score (nSPS) is 14.5. The van der Waals surface area contributed by atoms with Crippen molar-refractivity contribution in [2.75, 3.05) is 50.6 Å². The van der Waals surface area contributed by atoms with E-state index in [4.69, 9.17) is 4.74 Å². The quantitative estimate of drug-likeness (QED) is 0.666. The van der Waals surface area contributed by atoms with Gasteiger partial charge in [0.25, 0.3) is 5.56 Å². The predicted molar refractivity (Wildman–Crippen MR) is 112 cm³/mol. The molecule has 10 nitrogen and oxygen atoms in total. The molecular weight excluding hydrogens is 394 g/mol. The van der Waals surface area contributed by atoms with Crippen LogP contribution in [-0.4, -0.2) is 71.1 Å². The van der Waals surface area contributed by atoms with Crippen LogP contribution in [0.4, 0.5) is 11.6 Å². The average molecular weight is 417 g/mol. The fourth-order valence-electron chi connectivity index (χ4n) is 2.82. The number of hydrogen-bond donors (Lipinski definition) is 2. The molecule has 1 saturated heterocycles. The number of amides is 1. The van der Waals surface area contributed by atoms with Gasteiger partial charge in [-0.3, -0.25) is 9.59 Å². The molecule has 0 unspecified atom stereocenters. The van der Waals surface area contributed by atoms with Crippen molar-refractivity contribution >= 4 is 35.4 Å². The summed E-state index contributed by atoms with van der Waals surface area (Å²) in [6, 6.07) is 1.21. The number of aromatic nitrogens is 4. The monoisotopic (exact) mass is 417 g/mol. The van der Waals surface area contributed by atoms with Gasteiger partial charge in [0.05, 0.1) is 7.11 Å². The van der Waals surface area contributed by atoms with Crippen molar-refractivity contribution < 1.29 is 9.53 Å². The molecule has 1 fully saturated rings. The van der Waals surface area contributed by atoms with Crippen molar-refractivity contribution in [3.05, 3.63) is 28.7 Å². The molecule has 1 amide bonds. The number of likely N-dealkylation sites (N-methyl/N-ethyl adjacent to an activating group) is 1. The summed E-state index contributed by atoms with van der Waals surface area (Å²) in [6.45, 7) is 8.72. The Bertz CT molecular complexity index is 970. The third-order valence-electron chi connectivity index (χ3n) is 4.25. The summed E-state index contributed by atoms with van der Waals surface area (Å²) in [5, 5.41) is 3.20. The van der Waals surface area contributed by atoms with Gasteiger partial charge >= 0.3 is 0 Å². The SMILES string of the molecule is C=Cc1nc(Sc2nc(NC(C)=O)cc(=O)[nH]2)c(OC)nc1N1CCN(C)CC1. The molecule has 29 heavy (non-hydrogen) atoms. The van der Waals surface area contributed by atoms with Gasteiger partial charge in [-0.15, -0.1) is 0 Å². The summed E-state index contributed by atoms with van der Waals surface area (Å²) in [4.78, 5) is 43.7. The number of nitrogens with zero attached hydrogens (tertiary/aromatic N) is 5. The molecule has 3 rings (SSSR count). The Labute approximate surface area is 172 Å². The average Bonchev–Trinajstić information content (AvgIpc) is 2.67. The van der Waals surface area contributed by atoms with Crippen LogP contribution in [0, 0.1) is 0 Å². The first-order chi connectivity index (χ1) is 13.9. The second kappa shape index (κ2) is 9.05. The molecule has 0 bridgehead atoms. The van der Waals surface area contributed by atoms with Crippen LogP contribution >= 0.6 is 11.8 Å². The van der Waals surface area contributed by atoms with E-state index < -0.39 is 5.56 Å². The Morgan fingerprint density at radius 3 is 2.66 bits per heavy atom. The molecule has 11 heteroatoms. The van der Waals surface area contributed by atoms with Crippen molar-refractivity contribution in [2.24, 2.45) is 0 Å². The van der Waals surface area contributed by atoms with Crippen LogP contribution in [0.25, 0.3) is 6.08 Å². The third kappa shape index (κ3) is 5.12. The van der Waals surface area contributed by atoms with Gasteiger partial charge in [-0.05, 0) is 24.9 Å². The number of hydrogen-bond acceptors (Lipinski definition) is 9. The lowest BCUT2D eigenvalue weighted by Crippen LogP contribution is -2.45. The van der Waals surface area contributed by atoms with Crippen LogP contribution in [0.3, 0.4) is 0 Å². The van der Waals surface area contributed by atoms with E-state index in [2.05, 4.69) is 48.7 Å². The van der Waals surface area contributed by atoms with Gasteiger partial charge < -0.3 is 24.8 Å². The van der Waals surface area contributed by atoms with Crippen LogP contribution in [-0.2, 0) is 4.79 Å². The second-order valence-corrected chi connectivity index (χ2v) is 7.44. The van der Waals surface area contributed by atoms with Crippen molar-refractivity contribution in [1.29, 1.82) is 0 Å². The van der Waals surface area contributed by atoms with E-state index in [9.17, 15) is 9.59 Å². The van der Waals surface area contributed by atoms with Gasteiger partial charge in [0.1, 0.15) is 11.5 Å². The van der Waals surface area contributed by atoms with Crippen LogP contribution in [0.15, 0.2) is 27.6 Å². The molecular formula is C18H23N7O3S. The summed E-state index contributed by atoms with van der Waals surface area (Å²) < 4.78 is 5.44. The highest BCUT2D eigenvalue weighted by Gasteiger charge is 2.22. The first-order valence-corrected chi connectivity index (χ1v) is 9.80. The van der Waals surface area contributed by atoms with Gasteiger partial charge in [0.15, 0.2) is 16.0 Å². The van der Waals surface area contributed by atoms with Crippen LogP contribution in [0.2, 0.25) is 0 Å². The molecule has 2 aromatic rings. The van der Waals surface area contributed by atoms with Gasteiger partial charge in [0.2, 0.25) is 11.8 Å². The van der Waals surface area contributed by atoms with Crippen molar-refractivity contribution in [1.82, 2.24) is 24.8 Å². The number of methoxy groups -OCH3 is 1. The number of carbonyl (C=O) groups excluding carboxylic acids is 1. The topological polar surface area (TPSA) is 116 Å². The summed E-state index contributed by atoms with van der Waals surface area (Å²) in [5.41, 5.74) is 0.231. The fraction of sp³-hybridized carbons (Fsp3) is 0.389. The maximum atomic E-state index is 11.9. The highest BCUT2D eigenvalue weighted by molar-refractivity contribution is 7.99. The van der Waals surface area contributed by atoms with Gasteiger partial charge in [0, 0.05) is 39.2 Å².